The maximum absolute atomic E-state index is 13.4. The van der Waals surface area contributed by atoms with Crippen LogP contribution in [-0.2, 0) is 24.8 Å². The third-order valence-corrected chi connectivity index (χ3v) is 4.46. The van der Waals surface area contributed by atoms with Crippen LogP contribution < -0.4 is 0 Å². The molecule has 0 spiro atoms. The monoisotopic (exact) mass is 317 g/mol. The summed E-state index contributed by atoms with van der Waals surface area (Å²) in [4.78, 5) is 2.40. The van der Waals surface area contributed by atoms with Crippen molar-refractivity contribution < 1.29 is 9.13 Å². The topological polar surface area (TPSA) is 30.3 Å². The molecule has 124 valence electrons. The summed E-state index contributed by atoms with van der Waals surface area (Å²) >= 11 is 0. The molecule has 5 heteroatoms. The van der Waals surface area contributed by atoms with E-state index in [4.69, 9.17) is 4.74 Å². The number of likely N-dealkylation sites (tertiary alicyclic amines) is 1. The Kier molecular flexibility index (Phi) is 5.08. The van der Waals surface area contributed by atoms with E-state index in [9.17, 15) is 4.39 Å². The number of ether oxygens (including phenoxy) is 1. The molecule has 1 saturated heterocycles. The van der Waals surface area contributed by atoms with Crippen molar-refractivity contribution in [2.75, 3.05) is 13.2 Å². The van der Waals surface area contributed by atoms with Crippen LogP contribution in [0.2, 0.25) is 0 Å². The summed E-state index contributed by atoms with van der Waals surface area (Å²) in [5.74, 6) is -0.174. The Balaban J connectivity index is 1.74. The van der Waals surface area contributed by atoms with E-state index in [0.717, 1.165) is 38.1 Å². The van der Waals surface area contributed by atoms with E-state index in [1.807, 2.05) is 30.9 Å². The number of nitrogens with zero attached hydrogens (tertiary/aromatic N) is 3. The number of aromatic nitrogens is 2. The van der Waals surface area contributed by atoms with Crippen LogP contribution in [0.1, 0.15) is 24.5 Å². The third kappa shape index (κ3) is 3.98. The summed E-state index contributed by atoms with van der Waals surface area (Å²) in [6, 6.07) is 7.18. The summed E-state index contributed by atoms with van der Waals surface area (Å²) in [6.07, 6.45) is 6.14. The molecule has 1 fully saturated rings. The molecule has 4 nitrogen and oxygen atoms in total. The van der Waals surface area contributed by atoms with Crippen LogP contribution in [0.4, 0.5) is 4.39 Å². The molecule has 2 heterocycles. The second-order valence-corrected chi connectivity index (χ2v) is 6.18. The number of rotatable bonds is 6. The molecule has 0 bridgehead atoms. The van der Waals surface area contributed by atoms with Crippen LogP contribution >= 0.6 is 0 Å². The average molecular weight is 317 g/mol. The van der Waals surface area contributed by atoms with Crippen molar-refractivity contribution in [2.24, 2.45) is 7.05 Å². The number of aryl methyl sites for hydroxylation is 1. The molecule has 0 unspecified atom stereocenters. The molecule has 1 aromatic heterocycles. The molecule has 3 rings (SSSR count). The summed E-state index contributed by atoms with van der Waals surface area (Å²) in [7, 11) is 1.93. The van der Waals surface area contributed by atoms with Gasteiger partial charge in [-0.15, -0.1) is 0 Å². The fraction of sp³-hybridized carbons (Fsp3) is 0.500. The molecule has 1 aromatic carbocycles. The van der Waals surface area contributed by atoms with E-state index in [1.54, 1.807) is 12.1 Å². The van der Waals surface area contributed by atoms with E-state index >= 15 is 0 Å². The van der Waals surface area contributed by atoms with Crippen molar-refractivity contribution in [3.8, 4) is 0 Å². The minimum atomic E-state index is -0.174. The van der Waals surface area contributed by atoms with Gasteiger partial charge in [-0.3, -0.25) is 9.58 Å². The van der Waals surface area contributed by atoms with Crippen LogP contribution in [0.25, 0.3) is 0 Å². The van der Waals surface area contributed by atoms with E-state index in [-0.39, 0.29) is 11.9 Å². The predicted molar refractivity (Wildman–Crippen MR) is 87.5 cm³/mol. The van der Waals surface area contributed by atoms with Gasteiger partial charge in [0.1, 0.15) is 5.82 Å². The van der Waals surface area contributed by atoms with Crippen molar-refractivity contribution in [1.82, 2.24) is 14.7 Å². The highest BCUT2D eigenvalue weighted by atomic mass is 19.1. The second kappa shape index (κ2) is 7.23. The van der Waals surface area contributed by atoms with Gasteiger partial charge in [-0.2, -0.15) is 5.10 Å². The normalized spacial score (nSPS) is 21.9. The van der Waals surface area contributed by atoms with Gasteiger partial charge in [-0.05, 0) is 43.0 Å². The van der Waals surface area contributed by atoms with Crippen LogP contribution in [-0.4, -0.2) is 40.0 Å². The van der Waals surface area contributed by atoms with Gasteiger partial charge in [0.2, 0.25) is 0 Å². The second-order valence-electron chi connectivity index (χ2n) is 6.18. The standard InChI is InChI=1S/C18H24FN3O/c1-3-23-18-7-8-22(13-14-5-4-6-16(19)9-14)17(18)10-15-11-20-21(2)12-15/h4-6,9,11-12,17-18H,3,7-8,10,13H2,1-2H3/t17-,18-/m1/s1. The van der Waals surface area contributed by atoms with E-state index < -0.39 is 0 Å². The van der Waals surface area contributed by atoms with Crippen molar-refractivity contribution in [3.05, 3.63) is 53.6 Å². The Hall–Kier alpha value is -1.72. The fourth-order valence-corrected chi connectivity index (χ4v) is 3.44. The maximum Gasteiger partial charge on any atom is 0.123 e. The van der Waals surface area contributed by atoms with Crippen LogP contribution in [0.15, 0.2) is 36.7 Å². The van der Waals surface area contributed by atoms with Crippen LogP contribution in [0.5, 0.6) is 0 Å². The van der Waals surface area contributed by atoms with Crippen LogP contribution in [0, 0.1) is 5.82 Å². The first kappa shape index (κ1) is 16.1. The highest BCUT2D eigenvalue weighted by Crippen LogP contribution is 2.26. The molecule has 2 aromatic rings. The highest BCUT2D eigenvalue weighted by molar-refractivity contribution is 5.17. The fourth-order valence-electron chi connectivity index (χ4n) is 3.44. The van der Waals surface area contributed by atoms with Crippen LogP contribution in [0.3, 0.4) is 0 Å². The summed E-state index contributed by atoms with van der Waals surface area (Å²) in [6.45, 7) is 4.50. The predicted octanol–water partition coefficient (Wildman–Crippen LogP) is 2.78. The molecule has 0 saturated carbocycles. The Morgan fingerprint density at radius 2 is 2.22 bits per heavy atom. The smallest absolute Gasteiger partial charge is 0.123 e. The molecule has 23 heavy (non-hydrogen) atoms. The first-order chi connectivity index (χ1) is 11.2. The highest BCUT2D eigenvalue weighted by Gasteiger charge is 2.34. The van der Waals surface area contributed by atoms with Gasteiger partial charge in [0.15, 0.2) is 0 Å². The van der Waals surface area contributed by atoms with Gasteiger partial charge in [0, 0.05) is 39.0 Å². The number of halogens is 1. The third-order valence-electron chi connectivity index (χ3n) is 4.46. The SMILES string of the molecule is CCO[C@@H]1CCN(Cc2cccc(F)c2)[C@@H]1Cc1cnn(C)c1. The average Bonchev–Trinajstić information content (AvgIpc) is 3.08. The summed E-state index contributed by atoms with van der Waals surface area (Å²) in [5, 5.41) is 4.26. The summed E-state index contributed by atoms with van der Waals surface area (Å²) < 4.78 is 21.2. The first-order valence-electron chi connectivity index (χ1n) is 8.23. The number of benzene rings is 1. The molecule has 1 aliphatic rings. The quantitative estimate of drug-likeness (QED) is 0.821. The zero-order valence-corrected chi connectivity index (χ0v) is 13.8. The van der Waals surface area contributed by atoms with Crippen molar-refractivity contribution in [3.63, 3.8) is 0 Å². The Labute approximate surface area is 136 Å². The van der Waals surface area contributed by atoms with Gasteiger partial charge in [-0.1, -0.05) is 12.1 Å². The largest absolute Gasteiger partial charge is 0.377 e. The van der Waals surface area contributed by atoms with E-state index in [0.29, 0.717) is 6.04 Å². The Morgan fingerprint density at radius 3 is 2.91 bits per heavy atom. The lowest BCUT2D eigenvalue weighted by molar-refractivity contribution is 0.0331. The molecular formula is C18H24FN3O. The number of hydrogen-bond acceptors (Lipinski definition) is 3. The Morgan fingerprint density at radius 1 is 1.35 bits per heavy atom. The van der Waals surface area contributed by atoms with Crippen molar-refractivity contribution in [2.45, 2.75) is 38.5 Å². The molecular weight excluding hydrogens is 293 g/mol. The van der Waals surface area contributed by atoms with Crippen molar-refractivity contribution in [1.29, 1.82) is 0 Å². The lowest BCUT2D eigenvalue weighted by atomic mass is 10.0. The summed E-state index contributed by atoms with van der Waals surface area (Å²) in [5.41, 5.74) is 2.23. The number of hydrogen-bond donors (Lipinski definition) is 0. The van der Waals surface area contributed by atoms with E-state index in [1.165, 1.54) is 11.6 Å². The van der Waals surface area contributed by atoms with Gasteiger partial charge >= 0.3 is 0 Å². The minimum Gasteiger partial charge on any atom is -0.377 e. The lowest BCUT2D eigenvalue weighted by Crippen LogP contribution is -2.37. The van der Waals surface area contributed by atoms with Gasteiger partial charge in [0.25, 0.3) is 0 Å². The molecule has 1 aliphatic heterocycles. The molecule has 0 amide bonds. The molecule has 0 radical (unpaired) electrons. The minimum absolute atomic E-state index is 0.174. The zero-order valence-electron chi connectivity index (χ0n) is 13.8. The van der Waals surface area contributed by atoms with E-state index in [2.05, 4.69) is 16.2 Å². The maximum atomic E-state index is 13.4. The molecule has 0 aliphatic carbocycles. The first-order valence-corrected chi connectivity index (χ1v) is 8.23. The van der Waals surface area contributed by atoms with Gasteiger partial charge in [0.05, 0.1) is 12.3 Å². The van der Waals surface area contributed by atoms with Crippen molar-refractivity contribution >= 4 is 0 Å². The zero-order chi connectivity index (χ0) is 16.2. The Bertz CT molecular complexity index is 643. The van der Waals surface area contributed by atoms with Gasteiger partial charge < -0.3 is 4.74 Å². The molecule has 0 N–H and O–H groups in total. The van der Waals surface area contributed by atoms with Gasteiger partial charge in [-0.25, -0.2) is 4.39 Å². The molecule has 2 atom stereocenters. The lowest BCUT2D eigenvalue weighted by Gasteiger charge is -2.28.